The van der Waals surface area contributed by atoms with Crippen LogP contribution in [0.25, 0.3) is 0 Å². The second-order valence-electron chi connectivity index (χ2n) is 31.6. The highest BCUT2D eigenvalue weighted by Crippen LogP contribution is 2.21. The average Bonchev–Trinajstić information content (AvgIpc) is 2.62. The Balaban J connectivity index is 3.90. The van der Waals surface area contributed by atoms with Crippen LogP contribution in [0.2, 0.25) is 0 Å². The lowest BCUT2D eigenvalue weighted by Crippen LogP contribution is -2.40. The Kier molecular flexibility index (Phi) is 79.1. The molecule has 0 aromatic heterocycles. The molecule has 0 fully saturated rings. The number of carboxylic acid groups (broad SMARTS) is 1. The monoisotopic (exact) mass is 1400 g/mol. The molecule has 0 saturated heterocycles. The second kappa shape index (κ2) is 81.2. The van der Waals surface area contributed by atoms with Gasteiger partial charge in [-0.3, -0.25) is 9.59 Å². The van der Waals surface area contributed by atoms with Crippen molar-refractivity contribution in [1.29, 1.82) is 0 Å². The smallest absolute Gasteiger partial charge is 0.361 e. The fourth-order valence-electron chi connectivity index (χ4n) is 13.6. The first-order valence-corrected chi connectivity index (χ1v) is 44.2. The van der Waals surface area contributed by atoms with Crippen LogP contribution in [0.15, 0.2) is 36.5 Å². The van der Waals surface area contributed by atoms with E-state index in [-0.39, 0.29) is 38.2 Å². The summed E-state index contributed by atoms with van der Waals surface area (Å²) in [4.78, 5) is 37.8. The number of quaternary nitrogens is 1. The van der Waals surface area contributed by atoms with Crippen LogP contribution in [0.1, 0.15) is 463 Å². The number of esters is 2. The third kappa shape index (κ3) is 82.7. The zero-order valence-electron chi connectivity index (χ0n) is 67.2. The van der Waals surface area contributed by atoms with Crippen LogP contribution in [0.3, 0.4) is 0 Å². The molecule has 0 heterocycles. The predicted molar refractivity (Wildman–Crippen MR) is 429 cm³/mol. The summed E-state index contributed by atoms with van der Waals surface area (Å²) in [5.74, 6) is -1.96. The van der Waals surface area contributed by atoms with Crippen molar-refractivity contribution in [3.8, 4) is 0 Å². The molecule has 0 aliphatic carbocycles. The summed E-state index contributed by atoms with van der Waals surface area (Å²) in [6.45, 7) is 4.96. The number of rotatable bonds is 84. The van der Waals surface area contributed by atoms with Crippen molar-refractivity contribution in [2.45, 2.75) is 476 Å². The maximum Gasteiger partial charge on any atom is 0.361 e. The van der Waals surface area contributed by atoms with Gasteiger partial charge in [-0.1, -0.05) is 416 Å². The number of allylic oxidation sites excluding steroid dienone is 6. The summed E-state index contributed by atoms with van der Waals surface area (Å²) in [5.41, 5.74) is 0. The van der Waals surface area contributed by atoms with E-state index in [0.29, 0.717) is 17.4 Å². The number of carboxylic acids is 1. The summed E-state index contributed by atoms with van der Waals surface area (Å²) in [6, 6.07) is 0. The molecule has 0 aliphatic rings. The maximum absolute atomic E-state index is 13.0. The van der Waals surface area contributed by atoms with Gasteiger partial charge in [0.25, 0.3) is 6.29 Å². The first-order valence-electron chi connectivity index (χ1n) is 44.2. The molecule has 0 aromatic carbocycles. The number of carbonyl (C=O) groups is 3. The Morgan fingerprint density at radius 3 is 0.808 bits per heavy atom. The minimum atomic E-state index is -1.51. The van der Waals surface area contributed by atoms with Crippen LogP contribution < -0.4 is 0 Å². The van der Waals surface area contributed by atoms with E-state index in [1.165, 1.54) is 392 Å². The van der Waals surface area contributed by atoms with E-state index < -0.39 is 18.4 Å². The van der Waals surface area contributed by atoms with E-state index in [9.17, 15) is 19.5 Å². The van der Waals surface area contributed by atoms with Crippen molar-refractivity contribution in [1.82, 2.24) is 0 Å². The molecule has 0 aliphatic heterocycles. The van der Waals surface area contributed by atoms with Gasteiger partial charge in [-0.2, -0.15) is 0 Å². The molecule has 0 radical (unpaired) electrons. The van der Waals surface area contributed by atoms with Crippen LogP contribution in [0.5, 0.6) is 0 Å². The minimum absolute atomic E-state index is 0.174. The summed E-state index contributed by atoms with van der Waals surface area (Å²) in [6.07, 6.45) is 103. The minimum Gasteiger partial charge on any atom is -0.477 e. The zero-order chi connectivity index (χ0) is 71.8. The molecule has 2 atom stereocenters. The molecular weight excluding hydrogens is 1220 g/mol. The summed E-state index contributed by atoms with van der Waals surface area (Å²) in [5, 5.41) is 9.79. The maximum atomic E-state index is 13.0. The summed E-state index contributed by atoms with van der Waals surface area (Å²) >= 11 is 0. The van der Waals surface area contributed by atoms with Crippen molar-refractivity contribution in [2.75, 3.05) is 47.5 Å². The highest BCUT2D eigenvalue weighted by molar-refractivity contribution is 5.71. The van der Waals surface area contributed by atoms with Gasteiger partial charge in [0.1, 0.15) is 13.2 Å². The highest BCUT2D eigenvalue weighted by Gasteiger charge is 2.25. The molecule has 0 rings (SSSR count). The van der Waals surface area contributed by atoms with Crippen LogP contribution in [-0.2, 0) is 33.3 Å². The highest BCUT2D eigenvalue weighted by atomic mass is 16.7. The number of hydrogen-bond donors (Lipinski definition) is 1. The molecule has 0 aromatic rings. The molecule has 1 N–H and O–H groups in total. The number of nitrogens with zero attached hydrogens (tertiary/aromatic N) is 1. The molecule has 0 amide bonds. The fraction of sp³-hybridized carbons (Fsp3) is 0.900. The largest absolute Gasteiger partial charge is 0.477 e. The van der Waals surface area contributed by atoms with Gasteiger partial charge in [-0.15, -0.1) is 0 Å². The van der Waals surface area contributed by atoms with Crippen LogP contribution >= 0.6 is 0 Å². The van der Waals surface area contributed by atoms with Gasteiger partial charge >= 0.3 is 17.9 Å². The first-order chi connectivity index (χ1) is 48.6. The van der Waals surface area contributed by atoms with Crippen LogP contribution in [0.4, 0.5) is 0 Å². The van der Waals surface area contributed by atoms with Gasteiger partial charge in [0.05, 0.1) is 34.4 Å². The first kappa shape index (κ1) is 96.5. The Morgan fingerprint density at radius 2 is 0.545 bits per heavy atom. The van der Waals surface area contributed by atoms with Gasteiger partial charge < -0.3 is 28.5 Å². The summed E-state index contributed by atoms with van der Waals surface area (Å²) in [7, 11) is 6.01. The van der Waals surface area contributed by atoms with Gasteiger partial charge in [-0.25, -0.2) is 4.79 Å². The molecule has 0 spiro atoms. The third-order valence-corrected chi connectivity index (χ3v) is 20.4. The van der Waals surface area contributed by atoms with Gasteiger partial charge in [0, 0.05) is 12.8 Å². The number of unbranched alkanes of at least 4 members (excludes halogenated alkanes) is 63. The van der Waals surface area contributed by atoms with Crippen molar-refractivity contribution in [2.24, 2.45) is 0 Å². The number of hydrogen-bond acceptors (Lipinski definition) is 7. The quantitative estimate of drug-likeness (QED) is 0.0211. The Bertz CT molecular complexity index is 1720. The Morgan fingerprint density at radius 1 is 0.303 bits per heavy atom. The second-order valence-corrected chi connectivity index (χ2v) is 31.6. The van der Waals surface area contributed by atoms with Crippen molar-refractivity contribution in [3.05, 3.63) is 36.5 Å². The lowest BCUT2D eigenvalue weighted by Gasteiger charge is -2.25. The molecular formula is C90H172NO8+. The molecule has 584 valence electrons. The van der Waals surface area contributed by atoms with Gasteiger partial charge in [0.15, 0.2) is 6.10 Å². The molecule has 9 heteroatoms. The van der Waals surface area contributed by atoms with Crippen LogP contribution in [0, 0.1) is 0 Å². The topological polar surface area (TPSA) is 108 Å². The molecule has 99 heavy (non-hydrogen) atoms. The number of likely N-dealkylation sites (N-methyl/N-ethyl adjacent to an activating group) is 1. The van der Waals surface area contributed by atoms with Crippen molar-refractivity contribution >= 4 is 17.9 Å². The Hall–Kier alpha value is -2.49. The van der Waals surface area contributed by atoms with Crippen molar-refractivity contribution in [3.63, 3.8) is 0 Å². The zero-order valence-corrected chi connectivity index (χ0v) is 67.2. The lowest BCUT2D eigenvalue weighted by atomic mass is 10.0. The SMILES string of the molecule is CCCCCCC/C=C\C/C=C\CCCCCCCCCCCCCCCCCCCCCCCCCCCCCCCC(=O)OC(COC(=O)CCCCCCCCCCCCCCCCCCCCCCC/C=C\CCCCCCCCCC)COC(OCC[N+](C)(C)C)C(=O)O. The molecule has 2 unspecified atom stereocenters. The molecule has 9 nitrogen and oxygen atoms in total. The van der Waals surface area contributed by atoms with E-state index in [1.54, 1.807) is 0 Å². The fourth-order valence-corrected chi connectivity index (χ4v) is 13.6. The number of carbonyl (C=O) groups excluding carboxylic acids is 2. The van der Waals surface area contributed by atoms with E-state index >= 15 is 0 Å². The molecule has 0 bridgehead atoms. The van der Waals surface area contributed by atoms with Gasteiger partial charge in [0.2, 0.25) is 0 Å². The van der Waals surface area contributed by atoms with Crippen LogP contribution in [-0.4, -0.2) is 87.4 Å². The van der Waals surface area contributed by atoms with E-state index in [0.717, 1.165) is 44.9 Å². The number of ether oxygens (including phenoxy) is 4. The normalized spacial score (nSPS) is 12.7. The van der Waals surface area contributed by atoms with E-state index in [4.69, 9.17) is 18.9 Å². The van der Waals surface area contributed by atoms with Gasteiger partial charge in [-0.05, 0) is 70.6 Å². The predicted octanol–water partition coefficient (Wildman–Crippen LogP) is 28.6. The summed E-state index contributed by atoms with van der Waals surface area (Å²) < 4.78 is 23.1. The van der Waals surface area contributed by atoms with E-state index in [1.807, 2.05) is 21.1 Å². The number of aliphatic carboxylic acids is 1. The standard InChI is InChI=1S/C90H171NO8/c1-6-8-10-12-14-16-18-20-22-24-26-28-30-32-34-36-38-40-41-42-43-44-45-46-47-49-51-53-55-57-59-61-63-65-67-69-71-73-75-77-79-81-88(93)99-86(85-98-90(89(94)95)96-83-82-91(3,4)5)84-97-87(92)80-78-76-74-72-70-68-66-64-62-60-58-56-54-52-50-48-39-37-35-33-31-29-27-25-23-21-19-17-15-13-11-9-7-2/h18,20,24-27,86,90H,6-17,19,21-23,28-85H2,1-5H3/p+1/b20-18-,26-24-,27-25-. The van der Waals surface area contributed by atoms with E-state index in [2.05, 4.69) is 50.3 Å². The molecule has 0 saturated carbocycles. The third-order valence-electron chi connectivity index (χ3n) is 20.4. The van der Waals surface area contributed by atoms with Crippen molar-refractivity contribution < 1.29 is 42.9 Å². The lowest BCUT2D eigenvalue weighted by molar-refractivity contribution is -0.870. The Labute approximate surface area is 617 Å². The average molecular weight is 1400 g/mol.